The third kappa shape index (κ3) is 4.24. The van der Waals surface area contributed by atoms with Gasteiger partial charge in [0.25, 0.3) is 0 Å². The van der Waals surface area contributed by atoms with Gasteiger partial charge in [0.05, 0.1) is 29.6 Å². The molecule has 0 saturated heterocycles. The van der Waals surface area contributed by atoms with Crippen LogP contribution in [-0.2, 0) is 11.3 Å². The Morgan fingerprint density at radius 1 is 1.38 bits per heavy atom. The lowest BCUT2D eigenvalue weighted by molar-refractivity contribution is -0.120. The fourth-order valence-electron chi connectivity index (χ4n) is 1.82. The molecule has 0 aliphatic heterocycles. The Labute approximate surface area is 133 Å². The first kappa shape index (κ1) is 15.9. The summed E-state index contributed by atoms with van der Waals surface area (Å²) in [4.78, 5) is 14.1. The molecule has 0 bridgehead atoms. The van der Waals surface area contributed by atoms with Gasteiger partial charge in [-0.15, -0.1) is 0 Å². The molecule has 112 valence electrons. The number of likely N-dealkylation sites (N-methyl/N-ethyl adjacent to an activating group) is 1. The van der Waals surface area contributed by atoms with E-state index in [0.29, 0.717) is 22.3 Å². The quantitative estimate of drug-likeness (QED) is 0.901. The van der Waals surface area contributed by atoms with Crippen LogP contribution in [0.4, 0.5) is 5.69 Å². The van der Waals surface area contributed by atoms with Gasteiger partial charge in [-0.05, 0) is 44.3 Å². The molecule has 0 radical (unpaired) electrons. The van der Waals surface area contributed by atoms with Gasteiger partial charge < -0.3 is 9.73 Å². The van der Waals surface area contributed by atoms with Gasteiger partial charge in [-0.1, -0.05) is 23.2 Å². The molecule has 1 aromatic carbocycles. The number of benzene rings is 1. The van der Waals surface area contributed by atoms with E-state index in [0.717, 1.165) is 5.76 Å². The van der Waals surface area contributed by atoms with Gasteiger partial charge in [0.15, 0.2) is 0 Å². The summed E-state index contributed by atoms with van der Waals surface area (Å²) in [7, 11) is 1.85. The number of anilines is 1. The SMILES string of the molecule is CC(C(=O)Nc1cc(Cl)ccc1Cl)N(C)Cc1ccco1. The summed E-state index contributed by atoms with van der Waals surface area (Å²) < 4.78 is 5.28. The van der Waals surface area contributed by atoms with Crippen molar-refractivity contribution in [3.8, 4) is 0 Å². The van der Waals surface area contributed by atoms with Crippen molar-refractivity contribution in [3.05, 3.63) is 52.4 Å². The maximum atomic E-state index is 12.3. The number of nitrogens with zero attached hydrogens (tertiary/aromatic N) is 1. The molecule has 1 unspecified atom stereocenters. The van der Waals surface area contributed by atoms with E-state index < -0.39 is 0 Å². The van der Waals surface area contributed by atoms with Gasteiger partial charge in [-0.2, -0.15) is 0 Å². The van der Waals surface area contributed by atoms with Crippen molar-refractivity contribution in [2.75, 3.05) is 12.4 Å². The van der Waals surface area contributed by atoms with Crippen molar-refractivity contribution < 1.29 is 9.21 Å². The van der Waals surface area contributed by atoms with E-state index in [1.54, 1.807) is 24.5 Å². The second-order valence-electron chi connectivity index (χ2n) is 4.78. The monoisotopic (exact) mass is 326 g/mol. The van der Waals surface area contributed by atoms with Gasteiger partial charge in [0, 0.05) is 5.02 Å². The number of rotatable bonds is 5. The minimum absolute atomic E-state index is 0.159. The van der Waals surface area contributed by atoms with E-state index >= 15 is 0 Å². The molecule has 6 heteroatoms. The maximum Gasteiger partial charge on any atom is 0.241 e. The van der Waals surface area contributed by atoms with E-state index in [-0.39, 0.29) is 11.9 Å². The lowest BCUT2D eigenvalue weighted by Gasteiger charge is -2.23. The maximum absolute atomic E-state index is 12.3. The predicted molar refractivity (Wildman–Crippen MR) is 84.7 cm³/mol. The standard InChI is InChI=1S/C15H16Cl2N2O2/c1-10(19(2)9-12-4-3-7-21-12)15(20)18-14-8-11(16)5-6-13(14)17/h3-8,10H,9H2,1-2H3,(H,18,20). The fourth-order valence-corrected chi connectivity index (χ4v) is 2.15. The molecule has 0 fully saturated rings. The Morgan fingerprint density at radius 2 is 2.14 bits per heavy atom. The molecule has 2 rings (SSSR count). The average Bonchev–Trinajstić information content (AvgIpc) is 2.94. The Kier molecular flexibility index (Phi) is 5.28. The average molecular weight is 327 g/mol. The molecule has 1 amide bonds. The molecular formula is C15H16Cl2N2O2. The molecule has 0 aliphatic carbocycles. The number of amides is 1. The third-order valence-electron chi connectivity index (χ3n) is 3.21. The largest absolute Gasteiger partial charge is 0.468 e. The van der Waals surface area contributed by atoms with Crippen molar-refractivity contribution in [1.29, 1.82) is 0 Å². The van der Waals surface area contributed by atoms with Crippen LogP contribution in [-0.4, -0.2) is 23.9 Å². The summed E-state index contributed by atoms with van der Waals surface area (Å²) in [6.45, 7) is 2.36. The van der Waals surface area contributed by atoms with E-state index in [1.807, 2.05) is 31.0 Å². The van der Waals surface area contributed by atoms with Gasteiger partial charge in [-0.3, -0.25) is 9.69 Å². The third-order valence-corrected chi connectivity index (χ3v) is 3.78. The van der Waals surface area contributed by atoms with Crippen LogP contribution in [0.25, 0.3) is 0 Å². The van der Waals surface area contributed by atoms with Crippen LogP contribution in [0, 0.1) is 0 Å². The first-order valence-electron chi connectivity index (χ1n) is 6.46. The zero-order valence-electron chi connectivity index (χ0n) is 11.8. The van der Waals surface area contributed by atoms with Crippen molar-refractivity contribution in [3.63, 3.8) is 0 Å². The number of carbonyl (C=O) groups is 1. The molecule has 0 aliphatic rings. The predicted octanol–water partition coefficient (Wildman–Crippen LogP) is 4.05. The molecule has 4 nitrogen and oxygen atoms in total. The summed E-state index contributed by atoms with van der Waals surface area (Å²) in [5.41, 5.74) is 0.507. The zero-order chi connectivity index (χ0) is 15.4. The van der Waals surface area contributed by atoms with Crippen molar-refractivity contribution in [2.45, 2.75) is 19.5 Å². The van der Waals surface area contributed by atoms with Crippen LogP contribution in [0.1, 0.15) is 12.7 Å². The van der Waals surface area contributed by atoms with Crippen molar-refractivity contribution in [2.24, 2.45) is 0 Å². The minimum atomic E-state index is -0.342. The Hall–Kier alpha value is -1.49. The summed E-state index contributed by atoms with van der Waals surface area (Å²) in [5.74, 6) is 0.645. The van der Waals surface area contributed by atoms with Crippen LogP contribution in [0.5, 0.6) is 0 Å². The normalized spacial score (nSPS) is 12.4. The summed E-state index contributed by atoms with van der Waals surface area (Å²) >= 11 is 11.9. The van der Waals surface area contributed by atoms with E-state index in [9.17, 15) is 4.79 Å². The first-order valence-corrected chi connectivity index (χ1v) is 7.21. The highest BCUT2D eigenvalue weighted by Gasteiger charge is 2.19. The molecule has 1 aromatic heterocycles. The number of nitrogens with one attached hydrogen (secondary N) is 1. The summed E-state index contributed by atoms with van der Waals surface area (Å²) in [5, 5.41) is 3.76. The number of hydrogen-bond acceptors (Lipinski definition) is 3. The second-order valence-corrected chi connectivity index (χ2v) is 5.63. The van der Waals surface area contributed by atoms with E-state index in [1.165, 1.54) is 0 Å². The number of halogens is 2. The number of hydrogen-bond donors (Lipinski definition) is 1. The molecule has 0 saturated carbocycles. The molecule has 1 atom stereocenters. The number of furan rings is 1. The van der Waals surface area contributed by atoms with Gasteiger partial charge in [0.1, 0.15) is 5.76 Å². The minimum Gasteiger partial charge on any atom is -0.468 e. The molecule has 1 heterocycles. The van der Waals surface area contributed by atoms with Crippen LogP contribution < -0.4 is 5.32 Å². The van der Waals surface area contributed by atoms with Crippen LogP contribution in [0.3, 0.4) is 0 Å². The summed E-state index contributed by atoms with van der Waals surface area (Å²) in [6.07, 6.45) is 1.61. The van der Waals surface area contributed by atoms with Gasteiger partial charge in [0.2, 0.25) is 5.91 Å². The van der Waals surface area contributed by atoms with Crippen LogP contribution in [0.15, 0.2) is 41.0 Å². The molecule has 21 heavy (non-hydrogen) atoms. The smallest absolute Gasteiger partial charge is 0.241 e. The molecular weight excluding hydrogens is 311 g/mol. The highest BCUT2D eigenvalue weighted by atomic mass is 35.5. The zero-order valence-corrected chi connectivity index (χ0v) is 13.3. The van der Waals surface area contributed by atoms with Crippen LogP contribution in [0.2, 0.25) is 10.0 Å². The Balaban J connectivity index is 2.00. The highest BCUT2D eigenvalue weighted by molar-refractivity contribution is 6.35. The highest BCUT2D eigenvalue weighted by Crippen LogP contribution is 2.25. The topological polar surface area (TPSA) is 45.5 Å². The van der Waals surface area contributed by atoms with Crippen LogP contribution >= 0.6 is 23.2 Å². The number of carbonyl (C=O) groups excluding carboxylic acids is 1. The van der Waals surface area contributed by atoms with Crippen molar-refractivity contribution in [1.82, 2.24) is 4.90 Å². The lowest BCUT2D eigenvalue weighted by Crippen LogP contribution is -2.39. The Morgan fingerprint density at radius 3 is 2.81 bits per heavy atom. The second kappa shape index (κ2) is 6.98. The van der Waals surface area contributed by atoms with Gasteiger partial charge in [-0.25, -0.2) is 0 Å². The first-order chi connectivity index (χ1) is 9.97. The van der Waals surface area contributed by atoms with E-state index in [2.05, 4.69) is 5.32 Å². The molecule has 2 aromatic rings. The summed E-state index contributed by atoms with van der Waals surface area (Å²) in [6, 6.07) is 8.29. The lowest BCUT2D eigenvalue weighted by atomic mass is 10.2. The fraction of sp³-hybridized carbons (Fsp3) is 0.267. The Bertz CT molecular complexity index is 614. The molecule has 0 spiro atoms. The van der Waals surface area contributed by atoms with E-state index in [4.69, 9.17) is 27.6 Å². The molecule has 1 N–H and O–H groups in total. The van der Waals surface area contributed by atoms with Gasteiger partial charge >= 0.3 is 0 Å². The van der Waals surface area contributed by atoms with Crippen molar-refractivity contribution >= 4 is 34.8 Å².